The molecular weight excluding hydrogens is 270 g/mol. The van der Waals surface area contributed by atoms with E-state index < -0.39 is 0 Å². The van der Waals surface area contributed by atoms with Crippen molar-refractivity contribution in [2.75, 3.05) is 0 Å². The molecule has 0 bridgehead atoms. The molecular formula is C20H15NO. The largest absolute Gasteiger partial charge is 0.473 e. The van der Waals surface area contributed by atoms with E-state index in [2.05, 4.69) is 10.9 Å². The first-order valence-corrected chi connectivity index (χ1v) is 7.05. The summed E-state index contributed by atoms with van der Waals surface area (Å²) in [7, 11) is 0. The molecule has 106 valence electrons. The van der Waals surface area contributed by atoms with E-state index in [0.29, 0.717) is 12.5 Å². The van der Waals surface area contributed by atoms with Crippen molar-refractivity contribution in [3.8, 4) is 29.4 Å². The van der Waals surface area contributed by atoms with E-state index in [9.17, 15) is 0 Å². The summed E-state index contributed by atoms with van der Waals surface area (Å²) in [5, 5.41) is 0. The van der Waals surface area contributed by atoms with Crippen LogP contribution in [0.5, 0.6) is 5.88 Å². The topological polar surface area (TPSA) is 22.1 Å². The van der Waals surface area contributed by atoms with Crippen LogP contribution in [-0.4, -0.2) is 4.98 Å². The lowest BCUT2D eigenvalue weighted by Gasteiger charge is -2.06. The summed E-state index contributed by atoms with van der Waals surface area (Å²) in [6, 6.07) is 21.8. The van der Waals surface area contributed by atoms with Crippen molar-refractivity contribution in [3.05, 3.63) is 84.1 Å². The number of hydrogen-bond donors (Lipinski definition) is 0. The SMILES string of the molecule is C#Cc1ccc(-c2ccc(OCc3ccccc3)nc2)cc1. The Hall–Kier alpha value is -3.05. The van der Waals surface area contributed by atoms with Crippen molar-refractivity contribution in [1.82, 2.24) is 4.98 Å². The van der Waals surface area contributed by atoms with Gasteiger partial charge in [-0.05, 0) is 29.3 Å². The Labute approximate surface area is 130 Å². The van der Waals surface area contributed by atoms with Crippen LogP contribution in [0.15, 0.2) is 72.9 Å². The third-order valence-corrected chi connectivity index (χ3v) is 3.35. The second-order valence-electron chi connectivity index (χ2n) is 4.88. The molecule has 0 aliphatic rings. The Bertz CT molecular complexity index is 769. The molecule has 0 aliphatic carbocycles. The Kier molecular flexibility index (Phi) is 4.17. The van der Waals surface area contributed by atoms with Gasteiger partial charge in [-0.1, -0.05) is 48.4 Å². The fourth-order valence-electron chi connectivity index (χ4n) is 2.13. The van der Waals surface area contributed by atoms with Gasteiger partial charge in [0.2, 0.25) is 5.88 Å². The molecule has 0 fully saturated rings. The fraction of sp³-hybridized carbons (Fsp3) is 0.0500. The number of hydrogen-bond acceptors (Lipinski definition) is 2. The van der Waals surface area contributed by atoms with E-state index in [0.717, 1.165) is 22.3 Å². The van der Waals surface area contributed by atoms with Gasteiger partial charge >= 0.3 is 0 Å². The van der Waals surface area contributed by atoms with Crippen molar-refractivity contribution in [1.29, 1.82) is 0 Å². The number of benzene rings is 2. The molecule has 3 aromatic rings. The van der Waals surface area contributed by atoms with E-state index >= 15 is 0 Å². The predicted octanol–water partition coefficient (Wildman–Crippen LogP) is 4.31. The lowest BCUT2D eigenvalue weighted by molar-refractivity contribution is 0.294. The van der Waals surface area contributed by atoms with Crippen LogP contribution in [-0.2, 0) is 6.61 Å². The summed E-state index contributed by atoms with van der Waals surface area (Å²) in [5.74, 6) is 3.23. The minimum absolute atomic E-state index is 0.518. The monoisotopic (exact) mass is 285 g/mol. The highest BCUT2D eigenvalue weighted by molar-refractivity contribution is 5.63. The van der Waals surface area contributed by atoms with Gasteiger partial charge in [0.1, 0.15) is 6.61 Å². The zero-order valence-corrected chi connectivity index (χ0v) is 12.1. The number of nitrogens with zero attached hydrogens (tertiary/aromatic N) is 1. The minimum Gasteiger partial charge on any atom is -0.473 e. The van der Waals surface area contributed by atoms with E-state index in [1.165, 1.54) is 0 Å². The maximum absolute atomic E-state index is 5.68. The number of pyridine rings is 1. The summed E-state index contributed by atoms with van der Waals surface area (Å²) in [6.45, 7) is 0.518. The summed E-state index contributed by atoms with van der Waals surface area (Å²) >= 11 is 0. The summed E-state index contributed by atoms with van der Waals surface area (Å²) in [6.07, 6.45) is 7.17. The maximum atomic E-state index is 5.68. The molecule has 1 heterocycles. The smallest absolute Gasteiger partial charge is 0.213 e. The summed E-state index contributed by atoms with van der Waals surface area (Å²) in [4.78, 5) is 4.35. The minimum atomic E-state index is 0.518. The van der Waals surface area contributed by atoms with Crippen molar-refractivity contribution in [2.24, 2.45) is 0 Å². The van der Waals surface area contributed by atoms with Gasteiger partial charge < -0.3 is 4.74 Å². The third-order valence-electron chi connectivity index (χ3n) is 3.35. The number of aromatic nitrogens is 1. The molecule has 0 N–H and O–H groups in total. The molecule has 2 heteroatoms. The van der Waals surface area contributed by atoms with Crippen LogP contribution >= 0.6 is 0 Å². The zero-order chi connectivity index (χ0) is 15.2. The first-order chi connectivity index (χ1) is 10.8. The van der Waals surface area contributed by atoms with Crippen LogP contribution in [0.3, 0.4) is 0 Å². The molecule has 0 amide bonds. The number of rotatable bonds is 4. The van der Waals surface area contributed by atoms with Gasteiger partial charge in [-0.3, -0.25) is 0 Å². The average molecular weight is 285 g/mol. The van der Waals surface area contributed by atoms with Gasteiger partial charge in [-0.2, -0.15) is 0 Å². The molecule has 3 rings (SSSR count). The van der Waals surface area contributed by atoms with Gasteiger partial charge in [-0.15, -0.1) is 6.42 Å². The Morgan fingerprint density at radius 1 is 0.864 bits per heavy atom. The molecule has 2 aromatic carbocycles. The lowest BCUT2D eigenvalue weighted by Crippen LogP contribution is -1.96. The van der Waals surface area contributed by atoms with Crippen LogP contribution in [0.25, 0.3) is 11.1 Å². The van der Waals surface area contributed by atoms with E-state index in [-0.39, 0.29) is 0 Å². The highest BCUT2D eigenvalue weighted by Crippen LogP contribution is 2.21. The highest BCUT2D eigenvalue weighted by Gasteiger charge is 2.01. The molecule has 0 saturated carbocycles. The van der Waals surface area contributed by atoms with Gasteiger partial charge in [0.05, 0.1) is 0 Å². The molecule has 0 aliphatic heterocycles. The highest BCUT2D eigenvalue weighted by atomic mass is 16.5. The predicted molar refractivity (Wildman–Crippen MR) is 88.4 cm³/mol. The number of ether oxygens (including phenoxy) is 1. The Morgan fingerprint density at radius 3 is 2.23 bits per heavy atom. The van der Waals surface area contributed by atoms with Gasteiger partial charge in [-0.25, -0.2) is 4.98 Å². The standard InChI is InChI=1S/C20H15NO/c1-2-16-8-10-18(11-9-16)19-12-13-20(21-14-19)22-15-17-6-4-3-5-7-17/h1,3-14H,15H2. The van der Waals surface area contributed by atoms with E-state index in [4.69, 9.17) is 11.2 Å². The average Bonchev–Trinajstić information content (AvgIpc) is 2.61. The van der Waals surface area contributed by atoms with Crippen LogP contribution in [0.4, 0.5) is 0 Å². The van der Waals surface area contributed by atoms with Gasteiger partial charge in [0.15, 0.2) is 0 Å². The van der Waals surface area contributed by atoms with Crippen molar-refractivity contribution in [3.63, 3.8) is 0 Å². The van der Waals surface area contributed by atoms with Crippen LogP contribution in [0, 0.1) is 12.3 Å². The molecule has 0 unspecified atom stereocenters. The molecule has 0 radical (unpaired) electrons. The van der Waals surface area contributed by atoms with E-state index in [1.54, 1.807) is 0 Å². The van der Waals surface area contributed by atoms with Crippen LogP contribution in [0.1, 0.15) is 11.1 Å². The molecule has 2 nitrogen and oxygen atoms in total. The third kappa shape index (κ3) is 3.34. The number of terminal acetylenes is 1. The first-order valence-electron chi connectivity index (χ1n) is 7.05. The Morgan fingerprint density at radius 2 is 1.59 bits per heavy atom. The summed E-state index contributed by atoms with van der Waals surface area (Å²) in [5.41, 5.74) is 4.12. The fourth-order valence-corrected chi connectivity index (χ4v) is 2.13. The molecule has 0 spiro atoms. The second kappa shape index (κ2) is 6.60. The van der Waals surface area contributed by atoms with Crippen molar-refractivity contribution in [2.45, 2.75) is 6.61 Å². The quantitative estimate of drug-likeness (QED) is 0.666. The summed E-state index contributed by atoms with van der Waals surface area (Å²) < 4.78 is 5.68. The van der Waals surface area contributed by atoms with Gasteiger partial charge in [0.25, 0.3) is 0 Å². The lowest BCUT2D eigenvalue weighted by atomic mass is 10.1. The van der Waals surface area contributed by atoms with Crippen LogP contribution < -0.4 is 4.74 Å². The van der Waals surface area contributed by atoms with E-state index in [1.807, 2.05) is 72.9 Å². The molecule has 1 aromatic heterocycles. The first kappa shape index (κ1) is 13.9. The van der Waals surface area contributed by atoms with Gasteiger partial charge in [0, 0.05) is 23.4 Å². The Balaban J connectivity index is 1.68. The van der Waals surface area contributed by atoms with Crippen molar-refractivity contribution < 1.29 is 4.74 Å². The molecule has 0 saturated heterocycles. The molecule has 0 atom stereocenters. The second-order valence-corrected chi connectivity index (χ2v) is 4.88. The normalized spacial score (nSPS) is 9.95. The van der Waals surface area contributed by atoms with Crippen molar-refractivity contribution >= 4 is 0 Å². The maximum Gasteiger partial charge on any atom is 0.213 e. The molecule has 22 heavy (non-hydrogen) atoms. The zero-order valence-electron chi connectivity index (χ0n) is 12.1. The van der Waals surface area contributed by atoms with Crippen LogP contribution in [0.2, 0.25) is 0 Å².